The standard InChI is InChI=1S/C18H22N2O3S/c1-2-20-15-8-4-3-7-14(15)16(10-18(20)22)24-12-17(21)19-11-13-6-5-9-23-13/h3-4,7-8,10,13H,2,5-6,9,11-12H2,1H3,(H,19,21)/t13-/m1/s1. The second-order valence-corrected chi connectivity index (χ2v) is 6.85. The summed E-state index contributed by atoms with van der Waals surface area (Å²) < 4.78 is 7.25. The van der Waals surface area contributed by atoms with E-state index in [4.69, 9.17) is 4.74 Å². The fraction of sp³-hybridized carbons (Fsp3) is 0.444. The predicted octanol–water partition coefficient (Wildman–Crippen LogP) is 2.41. The molecule has 0 aliphatic carbocycles. The van der Waals surface area contributed by atoms with Crippen molar-refractivity contribution in [1.82, 2.24) is 9.88 Å². The molecule has 0 radical (unpaired) electrons. The molecule has 6 heteroatoms. The Bertz CT molecular complexity index is 781. The van der Waals surface area contributed by atoms with Gasteiger partial charge in [-0.1, -0.05) is 18.2 Å². The number of aryl methyl sites for hydroxylation is 1. The van der Waals surface area contributed by atoms with Crippen molar-refractivity contribution in [3.8, 4) is 0 Å². The second-order valence-electron chi connectivity index (χ2n) is 5.84. The number of fused-ring (bicyclic) bond motifs is 1. The number of carbonyl (C=O) groups excluding carboxylic acids is 1. The molecule has 2 heterocycles. The van der Waals surface area contributed by atoms with Crippen LogP contribution in [0.2, 0.25) is 0 Å². The van der Waals surface area contributed by atoms with Crippen LogP contribution in [0.1, 0.15) is 19.8 Å². The monoisotopic (exact) mass is 346 g/mol. The fourth-order valence-electron chi connectivity index (χ4n) is 2.98. The van der Waals surface area contributed by atoms with E-state index in [-0.39, 0.29) is 17.6 Å². The molecule has 24 heavy (non-hydrogen) atoms. The number of thioether (sulfide) groups is 1. The van der Waals surface area contributed by atoms with Crippen LogP contribution in [0.25, 0.3) is 10.9 Å². The molecule has 0 saturated carbocycles. The Hall–Kier alpha value is -1.79. The lowest BCUT2D eigenvalue weighted by Crippen LogP contribution is -2.32. The van der Waals surface area contributed by atoms with Gasteiger partial charge in [0.2, 0.25) is 5.91 Å². The molecule has 1 saturated heterocycles. The molecule has 1 aliphatic rings. The van der Waals surface area contributed by atoms with Gasteiger partial charge < -0.3 is 14.6 Å². The minimum absolute atomic E-state index is 0.0285. The van der Waals surface area contributed by atoms with Crippen LogP contribution >= 0.6 is 11.8 Å². The molecule has 5 nitrogen and oxygen atoms in total. The molecule has 1 aliphatic heterocycles. The van der Waals surface area contributed by atoms with E-state index in [0.717, 1.165) is 35.2 Å². The Balaban J connectivity index is 1.68. The molecule has 1 atom stereocenters. The zero-order chi connectivity index (χ0) is 16.9. The first-order valence-electron chi connectivity index (χ1n) is 8.32. The number of rotatable bonds is 6. The van der Waals surface area contributed by atoms with E-state index in [1.807, 2.05) is 31.2 Å². The van der Waals surface area contributed by atoms with E-state index >= 15 is 0 Å². The van der Waals surface area contributed by atoms with Crippen LogP contribution in [0.4, 0.5) is 0 Å². The Kier molecular flexibility index (Phi) is 5.58. The molecule has 0 unspecified atom stereocenters. The number of nitrogens with one attached hydrogen (secondary N) is 1. The third kappa shape index (κ3) is 3.82. The van der Waals surface area contributed by atoms with Crippen LogP contribution in [0.3, 0.4) is 0 Å². The van der Waals surface area contributed by atoms with Gasteiger partial charge in [-0.05, 0) is 25.8 Å². The molecule has 0 spiro atoms. The summed E-state index contributed by atoms with van der Waals surface area (Å²) in [5.41, 5.74) is 0.883. The molecule has 1 amide bonds. The average molecular weight is 346 g/mol. The summed E-state index contributed by atoms with van der Waals surface area (Å²) in [6.45, 7) is 3.94. The minimum Gasteiger partial charge on any atom is -0.376 e. The van der Waals surface area contributed by atoms with Gasteiger partial charge in [0, 0.05) is 36.0 Å². The number of aromatic nitrogens is 1. The number of ether oxygens (including phenoxy) is 1. The van der Waals surface area contributed by atoms with Crippen molar-refractivity contribution in [1.29, 1.82) is 0 Å². The molecular formula is C18H22N2O3S. The largest absolute Gasteiger partial charge is 0.376 e. The summed E-state index contributed by atoms with van der Waals surface area (Å²) in [5, 5.41) is 3.92. The average Bonchev–Trinajstić information content (AvgIpc) is 3.11. The molecular weight excluding hydrogens is 324 g/mol. The van der Waals surface area contributed by atoms with Crippen molar-refractivity contribution in [3.63, 3.8) is 0 Å². The Morgan fingerprint density at radius 2 is 2.25 bits per heavy atom. The molecule has 0 bridgehead atoms. The Labute approximate surface area is 145 Å². The van der Waals surface area contributed by atoms with E-state index < -0.39 is 0 Å². The number of para-hydroxylation sites is 1. The smallest absolute Gasteiger partial charge is 0.252 e. The number of carbonyl (C=O) groups is 1. The number of hydrogen-bond acceptors (Lipinski definition) is 4. The number of pyridine rings is 1. The molecule has 1 aromatic carbocycles. The van der Waals surface area contributed by atoms with E-state index in [2.05, 4.69) is 5.32 Å². The summed E-state index contributed by atoms with van der Waals surface area (Å²) in [7, 11) is 0. The van der Waals surface area contributed by atoms with Gasteiger partial charge in [0.1, 0.15) is 0 Å². The lowest BCUT2D eigenvalue weighted by atomic mass is 10.2. The molecule has 1 aromatic heterocycles. The fourth-order valence-corrected chi connectivity index (χ4v) is 3.88. The number of benzene rings is 1. The SMILES string of the molecule is CCn1c(=O)cc(SCC(=O)NC[C@H]2CCCO2)c2ccccc21. The summed E-state index contributed by atoms with van der Waals surface area (Å²) in [4.78, 5) is 25.2. The highest BCUT2D eigenvalue weighted by atomic mass is 32.2. The normalized spacial score (nSPS) is 17.3. The highest BCUT2D eigenvalue weighted by Crippen LogP contribution is 2.26. The summed E-state index contributed by atoms with van der Waals surface area (Å²) in [6, 6.07) is 9.45. The van der Waals surface area contributed by atoms with Crippen molar-refractivity contribution in [3.05, 3.63) is 40.7 Å². The highest BCUT2D eigenvalue weighted by molar-refractivity contribution is 8.00. The molecule has 2 aromatic rings. The van der Waals surface area contributed by atoms with E-state index in [1.165, 1.54) is 11.8 Å². The first-order valence-corrected chi connectivity index (χ1v) is 9.31. The molecule has 128 valence electrons. The third-order valence-corrected chi connectivity index (χ3v) is 5.26. The predicted molar refractivity (Wildman–Crippen MR) is 96.6 cm³/mol. The van der Waals surface area contributed by atoms with E-state index in [0.29, 0.717) is 18.8 Å². The maximum atomic E-state index is 12.3. The quantitative estimate of drug-likeness (QED) is 0.816. The van der Waals surface area contributed by atoms with Gasteiger partial charge in [-0.15, -0.1) is 11.8 Å². The van der Waals surface area contributed by atoms with E-state index in [1.54, 1.807) is 10.6 Å². The molecule has 3 rings (SSSR count). The zero-order valence-corrected chi connectivity index (χ0v) is 14.6. The molecule has 1 N–H and O–H groups in total. The number of hydrogen-bond donors (Lipinski definition) is 1. The maximum absolute atomic E-state index is 12.3. The van der Waals surface area contributed by atoms with Crippen LogP contribution in [0.15, 0.2) is 40.0 Å². The first-order chi connectivity index (χ1) is 11.7. The third-order valence-electron chi connectivity index (χ3n) is 4.21. The van der Waals surface area contributed by atoms with Gasteiger partial charge in [0.25, 0.3) is 5.56 Å². The van der Waals surface area contributed by atoms with Gasteiger partial charge in [-0.25, -0.2) is 0 Å². The van der Waals surface area contributed by atoms with Crippen molar-refractivity contribution in [2.24, 2.45) is 0 Å². The second kappa shape index (κ2) is 7.85. The Morgan fingerprint density at radius 1 is 1.42 bits per heavy atom. The molecule has 1 fully saturated rings. The first kappa shape index (κ1) is 17.0. The van der Waals surface area contributed by atoms with Crippen molar-refractivity contribution in [2.75, 3.05) is 18.9 Å². The van der Waals surface area contributed by atoms with Crippen LogP contribution in [-0.4, -0.2) is 35.5 Å². The van der Waals surface area contributed by atoms with Crippen molar-refractivity contribution in [2.45, 2.75) is 37.3 Å². The van der Waals surface area contributed by atoms with Crippen LogP contribution < -0.4 is 10.9 Å². The van der Waals surface area contributed by atoms with Gasteiger partial charge >= 0.3 is 0 Å². The van der Waals surface area contributed by atoms with E-state index in [9.17, 15) is 9.59 Å². The van der Waals surface area contributed by atoms with Crippen LogP contribution in [-0.2, 0) is 16.1 Å². The van der Waals surface area contributed by atoms with Gasteiger partial charge in [-0.2, -0.15) is 0 Å². The number of nitrogens with zero attached hydrogens (tertiary/aromatic N) is 1. The Morgan fingerprint density at radius 3 is 3.00 bits per heavy atom. The minimum atomic E-state index is -0.0292. The lowest BCUT2D eigenvalue weighted by molar-refractivity contribution is -0.119. The van der Waals surface area contributed by atoms with Gasteiger partial charge in [0.15, 0.2) is 0 Å². The summed E-state index contributed by atoms with van der Waals surface area (Å²) in [5.74, 6) is 0.269. The van der Waals surface area contributed by atoms with Crippen LogP contribution in [0, 0.1) is 0 Å². The van der Waals surface area contributed by atoms with Crippen LogP contribution in [0.5, 0.6) is 0 Å². The number of amides is 1. The topological polar surface area (TPSA) is 60.3 Å². The van der Waals surface area contributed by atoms with Crippen molar-refractivity contribution >= 4 is 28.6 Å². The van der Waals surface area contributed by atoms with Gasteiger partial charge in [0.05, 0.1) is 17.4 Å². The lowest BCUT2D eigenvalue weighted by Gasteiger charge is -2.13. The van der Waals surface area contributed by atoms with Gasteiger partial charge in [-0.3, -0.25) is 9.59 Å². The zero-order valence-electron chi connectivity index (χ0n) is 13.8. The van der Waals surface area contributed by atoms with Crippen molar-refractivity contribution < 1.29 is 9.53 Å². The summed E-state index contributed by atoms with van der Waals surface area (Å²) >= 11 is 1.41. The highest BCUT2D eigenvalue weighted by Gasteiger charge is 2.16. The maximum Gasteiger partial charge on any atom is 0.252 e. The summed E-state index contributed by atoms with van der Waals surface area (Å²) in [6.07, 6.45) is 2.22.